The number of urea groups is 1. The summed E-state index contributed by atoms with van der Waals surface area (Å²) in [6.45, 7) is 1.89. The van der Waals surface area contributed by atoms with Crippen LogP contribution in [0.3, 0.4) is 0 Å². The molecule has 2 fully saturated rings. The highest BCUT2D eigenvalue weighted by molar-refractivity contribution is 6.07. The third-order valence-corrected chi connectivity index (χ3v) is 4.90. The Hall–Kier alpha value is -1.63. The SMILES string of the molecule is CON(C)C(=O)CCN1C(=O)N[C@](C)(C2CCCCC2)C1=O. The van der Waals surface area contributed by atoms with Crippen LogP contribution >= 0.6 is 0 Å². The fraction of sp³-hybridized carbons (Fsp3) is 0.800. The van der Waals surface area contributed by atoms with Gasteiger partial charge in [0.15, 0.2) is 0 Å². The van der Waals surface area contributed by atoms with Crippen LogP contribution in [0.2, 0.25) is 0 Å². The molecule has 0 aromatic heterocycles. The van der Waals surface area contributed by atoms with Gasteiger partial charge in [-0.1, -0.05) is 19.3 Å². The number of nitrogens with one attached hydrogen (secondary N) is 1. The lowest BCUT2D eigenvalue weighted by molar-refractivity contribution is -0.168. The molecule has 124 valence electrons. The van der Waals surface area contributed by atoms with Crippen LogP contribution in [0, 0.1) is 5.92 Å². The predicted octanol–water partition coefficient (Wildman–Crippen LogP) is 1.29. The first kappa shape index (κ1) is 16.7. The van der Waals surface area contributed by atoms with Crippen molar-refractivity contribution in [2.75, 3.05) is 20.7 Å². The van der Waals surface area contributed by atoms with Crippen molar-refractivity contribution in [1.29, 1.82) is 0 Å². The van der Waals surface area contributed by atoms with E-state index in [1.54, 1.807) is 0 Å². The first-order valence-electron chi connectivity index (χ1n) is 7.85. The maximum Gasteiger partial charge on any atom is 0.325 e. The predicted molar refractivity (Wildman–Crippen MR) is 79.6 cm³/mol. The van der Waals surface area contributed by atoms with Crippen molar-refractivity contribution in [3.8, 4) is 0 Å². The van der Waals surface area contributed by atoms with Gasteiger partial charge in [0.1, 0.15) is 5.54 Å². The van der Waals surface area contributed by atoms with Gasteiger partial charge in [-0.25, -0.2) is 9.86 Å². The largest absolute Gasteiger partial charge is 0.325 e. The Kier molecular flexibility index (Phi) is 5.05. The van der Waals surface area contributed by atoms with Crippen LogP contribution in [0.5, 0.6) is 0 Å². The maximum absolute atomic E-state index is 12.7. The summed E-state index contributed by atoms with van der Waals surface area (Å²) < 4.78 is 0. The summed E-state index contributed by atoms with van der Waals surface area (Å²) in [6, 6.07) is -0.397. The van der Waals surface area contributed by atoms with E-state index in [4.69, 9.17) is 4.84 Å². The molecule has 1 saturated carbocycles. The number of rotatable bonds is 5. The smallest absolute Gasteiger partial charge is 0.323 e. The summed E-state index contributed by atoms with van der Waals surface area (Å²) in [6.07, 6.45) is 5.37. The van der Waals surface area contributed by atoms with E-state index >= 15 is 0 Å². The van der Waals surface area contributed by atoms with Gasteiger partial charge in [-0.05, 0) is 25.7 Å². The molecule has 1 N–H and O–H groups in total. The zero-order valence-corrected chi connectivity index (χ0v) is 13.6. The monoisotopic (exact) mass is 311 g/mol. The van der Waals surface area contributed by atoms with Crippen LogP contribution in [0.1, 0.15) is 45.4 Å². The molecule has 0 unspecified atom stereocenters. The summed E-state index contributed by atoms with van der Waals surface area (Å²) in [5, 5.41) is 3.94. The van der Waals surface area contributed by atoms with Crippen molar-refractivity contribution >= 4 is 17.8 Å². The molecule has 0 spiro atoms. The number of hydroxylamine groups is 2. The van der Waals surface area contributed by atoms with Gasteiger partial charge in [0.25, 0.3) is 5.91 Å². The molecule has 0 radical (unpaired) electrons. The second-order valence-electron chi connectivity index (χ2n) is 6.25. The molecule has 1 saturated heterocycles. The number of nitrogens with zero attached hydrogens (tertiary/aromatic N) is 2. The molecule has 4 amide bonds. The first-order chi connectivity index (χ1) is 10.4. The van der Waals surface area contributed by atoms with E-state index in [2.05, 4.69) is 5.32 Å². The number of carbonyl (C=O) groups is 3. The number of hydrogen-bond donors (Lipinski definition) is 1. The number of amides is 4. The highest BCUT2D eigenvalue weighted by Crippen LogP contribution is 2.36. The second-order valence-corrected chi connectivity index (χ2v) is 6.25. The van der Waals surface area contributed by atoms with Crippen molar-refractivity contribution in [3.63, 3.8) is 0 Å². The summed E-state index contributed by atoms with van der Waals surface area (Å²) in [4.78, 5) is 42.5. The van der Waals surface area contributed by atoms with Crippen molar-refractivity contribution in [2.24, 2.45) is 5.92 Å². The van der Waals surface area contributed by atoms with Crippen molar-refractivity contribution < 1.29 is 19.2 Å². The molecule has 2 rings (SSSR count). The van der Waals surface area contributed by atoms with Crippen LogP contribution in [-0.2, 0) is 14.4 Å². The Morgan fingerprint density at radius 1 is 1.36 bits per heavy atom. The number of imide groups is 1. The minimum Gasteiger partial charge on any atom is -0.323 e. The number of hydrogen-bond acceptors (Lipinski definition) is 4. The summed E-state index contributed by atoms with van der Waals surface area (Å²) in [7, 11) is 2.89. The standard InChI is InChI=1S/C15H25N3O4/c1-15(11-7-5-4-6-8-11)13(20)18(14(21)16-15)10-9-12(19)17(2)22-3/h11H,4-10H2,1-3H3,(H,16,21)/t15-/m1/s1. The minimum atomic E-state index is -0.826. The summed E-state index contributed by atoms with van der Waals surface area (Å²) >= 11 is 0. The first-order valence-corrected chi connectivity index (χ1v) is 7.85. The van der Waals surface area contributed by atoms with Crippen LogP contribution in [-0.4, -0.2) is 54.0 Å². The Bertz CT molecular complexity index is 462. The molecule has 0 bridgehead atoms. The fourth-order valence-electron chi connectivity index (χ4n) is 3.34. The van der Waals surface area contributed by atoms with Gasteiger partial charge in [0.05, 0.1) is 7.11 Å². The molecule has 2 aliphatic rings. The van der Waals surface area contributed by atoms with E-state index in [-0.39, 0.29) is 30.7 Å². The third kappa shape index (κ3) is 3.09. The van der Waals surface area contributed by atoms with E-state index in [1.165, 1.54) is 20.6 Å². The third-order valence-electron chi connectivity index (χ3n) is 4.90. The lowest BCUT2D eigenvalue weighted by Gasteiger charge is -2.34. The van der Waals surface area contributed by atoms with Gasteiger partial charge in [-0.2, -0.15) is 0 Å². The maximum atomic E-state index is 12.7. The Morgan fingerprint density at radius 3 is 2.59 bits per heavy atom. The lowest BCUT2D eigenvalue weighted by atomic mass is 9.75. The van der Waals surface area contributed by atoms with Gasteiger partial charge in [-0.15, -0.1) is 0 Å². The van der Waals surface area contributed by atoms with Gasteiger partial charge >= 0.3 is 6.03 Å². The molecule has 0 aromatic rings. The molecule has 1 heterocycles. The molecule has 22 heavy (non-hydrogen) atoms. The van der Waals surface area contributed by atoms with Crippen LogP contribution in [0.25, 0.3) is 0 Å². The molecule has 7 heteroatoms. The highest BCUT2D eigenvalue weighted by Gasteiger charge is 2.52. The molecule has 1 aliphatic heterocycles. The molecule has 0 aromatic carbocycles. The van der Waals surface area contributed by atoms with E-state index in [0.29, 0.717) is 0 Å². The molecule has 7 nitrogen and oxygen atoms in total. The summed E-state index contributed by atoms with van der Waals surface area (Å²) in [5.41, 5.74) is -0.826. The minimum absolute atomic E-state index is 0.0598. The normalized spacial score (nSPS) is 26.2. The molecular formula is C15H25N3O4. The van der Waals surface area contributed by atoms with Crippen LogP contribution in [0.4, 0.5) is 4.79 Å². The molecule has 1 atom stereocenters. The van der Waals surface area contributed by atoms with Crippen molar-refractivity contribution in [1.82, 2.24) is 15.3 Å². The van der Waals surface area contributed by atoms with E-state index < -0.39 is 11.6 Å². The van der Waals surface area contributed by atoms with Gasteiger partial charge in [0, 0.05) is 20.0 Å². The Balaban J connectivity index is 2.00. The topological polar surface area (TPSA) is 79.0 Å². The van der Waals surface area contributed by atoms with Crippen molar-refractivity contribution in [3.05, 3.63) is 0 Å². The van der Waals surface area contributed by atoms with Gasteiger partial charge in [0.2, 0.25) is 5.91 Å². The zero-order chi connectivity index (χ0) is 16.3. The van der Waals surface area contributed by atoms with Gasteiger partial charge < -0.3 is 5.32 Å². The lowest BCUT2D eigenvalue weighted by Crippen LogP contribution is -2.51. The summed E-state index contributed by atoms with van der Waals surface area (Å²) in [5.74, 6) is -0.299. The van der Waals surface area contributed by atoms with E-state index in [9.17, 15) is 14.4 Å². The van der Waals surface area contributed by atoms with E-state index in [1.807, 2.05) is 6.92 Å². The van der Waals surface area contributed by atoms with Crippen LogP contribution < -0.4 is 5.32 Å². The quantitative estimate of drug-likeness (QED) is 0.613. The Morgan fingerprint density at radius 2 is 2.00 bits per heavy atom. The van der Waals surface area contributed by atoms with E-state index in [0.717, 1.165) is 35.6 Å². The fourth-order valence-corrected chi connectivity index (χ4v) is 3.34. The van der Waals surface area contributed by atoms with Crippen molar-refractivity contribution in [2.45, 2.75) is 51.0 Å². The Labute approximate surface area is 130 Å². The van der Waals surface area contributed by atoms with Crippen LogP contribution in [0.15, 0.2) is 0 Å². The highest BCUT2D eigenvalue weighted by atomic mass is 16.7. The molecule has 1 aliphatic carbocycles. The van der Waals surface area contributed by atoms with Gasteiger partial charge in [-0.3, -0.25) is 19.3 Å². The number of carbonyl (C=O) groups excluding carboxylic acids is 3. The second kappa shape index (κ2) is 6.64. The average Bonchev–Trinajstić information content (AvgIpc) is 2.75. The molecular weight excluding hydrogens is 286 g/mol. The zero-order valence-electron chi connectivity index (χ0n) is 13.6. The average molecular weight is 311 g/mol.